The molecule has 3 atom stereocenters. The predicted molar refractivity (Wildman–Crippen MR) is 146 cm³/mol. The lowest BCUT2D eigenvalue weighted by atomic mass is 9.80. The number of fused-ring (bicyclic) bond motifs is 1. The second-order valence-electron chi connectivity index (χ2n) is 9.37. The van der Waals surface area contributed by atoms with Crippen molar-refractivity contribution >= 4 is 22.8 Å². The minimum atomic E-state index is -0.654. The number of nitrogens with one attached hydrogen (secondary N) is 2. The number of amides is 1. The molecule has 9 heteroatoms. The molecule has 0 aliphatic carbocycles. The fraction of sp³-hybridized carbons (Fsp3) is 0.400. The molecule has 0 bridgehead atoms. The molecule has 1 aliphatic rings. The lowest BCUT2D eigenvalue weighted by Gasteiger charge is -2.37. The summed E-state index contributed by atoms with van der Waals surface area (Å²) in [4.78, 5) is 28.4. The summed E-state index contributed by atoms with van der Waals surface area (Å²) in [7, 11) is 2.98. The third-order valence-corrected chi connectivity index (χ3v) is 7.01. The summed E-state index contributed by atoms with van der Waals surface area (Å²) in [5.74, 6) is -0.113. The number of hydrogen-bond donors (Lipinski definition) is 3. The molecule has 4 rings (SSSR count). The highest BCUT2D eigenvalue weighted by Crippen LogP contribution is 2.39. The lowest BCUT2D eigenvalue weighted by Crippen LogP contribution is -2.39. The zero-order valence-electron chi connectivity index (χ0n) is 22.6. The molecule has 0 spiro atoms. The molecule has 1 aliphatic heterocycles. The van der Waals surface area contributed by atoms with Crippen molar-refractivity contribution in [3.05, 3.63) is 77.2 Å². The first-order valence-corrected chi connectivity index (χ1v) is 13.2. The largest absolute Gasteiger partial charge is 0.497 e. The van der Waals surface area contributed by atoms with Crippen molar-refractivity contribution in [2.24, 2.45) is 5.92 Å². The molecule has 2 heterocycles. The molecule has 39 heavy (non-hydrogen) atoms. The molecule has 1 amide bonds. The molecule has 0 saturated heterocycles. The number of ether oxygens (including phenoxy) is 4. The number of methoxy groups -OCH3 is 2. The van der Waals surface area contributed by atoms with E-state index in [4.69, 9.17) is 18.9 Å². The van der Waals surface area contributed by atoms with Gasteiger partial charge in [-0.2, -0.15) is 0 Å². The Morgan fingerprint density at radius 1 is 1.13 bits per heavy atom. The summed E-state index contributed by atoms with van der Waals surface area (Å²) in [5, 5.41) is 13.5. The van der Waals surface area contributed by atoms with Gasteiger partial charge in [0, 0.05) is 48.7 Å². The minimum absolute atomic E-state index is 0.0418. The Morgan fingerprint density at radius 2 is 1.92 bits per heavy atom. The SMILES string of the molecule is CCO[C@@H]1OC(C(=O)NCCc2c[nH]c3ccc(OC)cc23)=C[C@H](c2ccc(C(=O)OC)cc2)[C@@H]1CCCO. The van der Waals surface area contributed by atoms with Crippen LogP contribution in [0.1, 0.15) is 47.2 Å². The molecule has 0 radical (unpaired) electrons. The highest BCUT2D eigenvalue weighted by molar-refractivity contribution is 5.92. The topological polar surface area (TPSA) is 119 Å². The Morgan fingerprint density at radius 3 is 2.62 bits per heavy atom. The summed E-state index contributed by atoms with van der Waals surface area (Å²) < 4.78 is 22.1. The number of benzene rings is 2. The Kier molecular flexibility index (Phi) is 9.62. The van der Waals surface area contributed by atoms with Crippen LogP contribution in [0.25, 0.3) is 10.9 Å². The van der Waals surface area contributed by atoms with E-state index in [9.17, 15) is 14.7 Å². The quantitative estimate of drug-likeness (QED) is 0.299. The Balaban J connectivity index is 1.53. The standard InChI is InChI=1S/C30H36N2O7/c1-4-38-30-23(6-5-15-33)24(19-7-9-20(10-8-19)29(35)37-3)17-27(39-30)28(34)31-14-13-21-18-32-26-12-11-22(36-2)16-25(21)26/h7-12,16-18,23-24,30,32-33H,4-6,13-15H2,1-3H3,(H,31,34)/t23-,24+,30+/m0/s1. The van der Waals surface area contributed by atoms with Gasteiger partial charge in [-0.1, -0.05) is 12.1 Å². The number of hydrogen-bond acceptors (Lipinski definition) is 7. The van der Waals surface area contributed by atoms with Gasteiger partial charge in [-0.25, -0.2) is 4.79 Å². The molecule has 2 aromatic carbocycles. The molecule has 1 aromatic heterocycles. The number of allylic oxidation sites excluding steroid dienone is 1. The number of carbonyl (C=O) groups excluding carboxylic acids is 2. The number of aliphatic hydroxyl groups is 1. The van der Waals surface area contributed by atoms with Crippen molar-refractivity contribution in [1.82, 2.24) is 10.3 Å². The van der Waals surface area contributed by atoms with Crippen LogP contribution in [0, 0.1) is 5.92 Å². The van der Waals surface area contributed by atoms with Crippen LogP contribution in [0.4, 0.5) is 0 Å². The van der Waals surface area contributed by atoms with E-state index in [1.54, 1.807) is 19.2 Å². The molecule has 9 nitrogen and oxygen atoms in total. The second-order valence-corrected chi connectivity index (χ2v) is 9.37. The maximum absolute atomic E-state index is 13.2. The highest BCUT2D eigenvalue weighted by Gasteiger charge is 2.37. The fourth-order valence-corrected chi connectivity index (χ4v) is 4.99. The fourth-order valence-electron chi connectivity index (χ4n) is 4.99. The Bertz CT molecular complexity index is 1300. The summed E-state index contributed by atoms with van der Waals surface area (Å²) in [5.41, 5.74) is 3.43. The van der Waals surface area contributed by atoms with Crippen molar-refractivity contribution < 1.29 is 33.6 Å². The van der Waals surface area contributed by atoms with Crippen LogP contribution in [-0.4, -0.2) is 62.2 Å². The zero-order valence-corrected chi connectivity index (χ0v) is 22.6. The predicted octanol–water partition coefficient (Wildman–Crippen LogP) is 4.07. The first kappa shape index (κ1) is 28.2. The maximum Gasteiger partial charge on any atom is 0.337 e. The van der Waals surface area contributed by atoms with E-state index < -0.39 is 12.3 Å². The van der Waals surface area contributed by atoms with Crippen LogP contribution in [-0.2, 0) is 25.4 Å². The molecule has 208 valence electrons. The molecule has 3 N–H and O–H groups in total. The average Bonchev–Trinajstić information content (AvgIpc) is 3.37. The number of esters is 1. The van der Waals surface area contributed by atoms with Crippen LogP contribution >= 0.6 is 0 Å². The van der Waals surface area contributed by atoms with Gasteiger partial charge in [-0.3, -0.25) is 4.79 Å². The molecular formula is C30H36N2O7. The van der Waals surface area contributed by atoms with Crippen LogP contribution in [0.3, 0.4) is 0 Å². The second kappa shape index (κ2) is 13.3. The number of carbonyl (C=O) groups is 2. The first-order valence-electron chi connectivity index (χ1n) is 13.2. The van der Waals surface area contributed by atoms with Crippen molar-refractivity contribution in [2.75, 3.05) is 34.0 Å². The highest BCUT2D eigenvalue weighted by atomic mass is 16.7. The van der Waals surface area contributed by atoms with Gasteiger partial charge in [0.25, 0.3) is 5.91 Å². The van der Waals surface area contributed by atoms with Crippen molar-refractivity contribution in [3.8, 4) is 5.75 Å². The van der Waals surface area contributed by atoms with Gasteiger partial charge in [0.1, 0.15) is 5.75 Å². The summed E-state index contributed by atoms with van der Waals surface area (Å²) >= 11 is 0. The molecule has 0 fully saturated rings. The minimum Gasteiger partial charge on any atom is -0.497 e. The Labute approximate surface area is 228 Å². The van der Waals surface area contributed by atoms with E-state index in [1.807, 2.05) is 49.5 Å². The number of rotatable bonds is 12. The van der Waals surface area contributed by atoms with Crippen molar-refractivity contribution in [2.45, 2.75) is 38.4 Å². The van der Waals surface area contributed by atoms with Gasteiger partial charge in [-0.15, -0.1) is 0 Å². The van der Waals surface area contributed by atoms with E-state index in [-0.39, 0.29) is 30.1 Å². The summed E-state index contributed by atoms with van der Waals surface area (Å²) in [6, 6.07) is 13.0. The van der Waals surface area contributed by atoms with Crippen LogP contribution in [0.5, 0.6) is 5.75 Å². The molecular weight excluding hydrogens is 500 g/mol. The summed E-state index contributed by atoms with van der Waals surface area (Å²) in [6.45, 7) is 2.74. The number of aromatic amines is 1. The third kappa shape index (κ3) is 6.61. The van der Waals surface area contributed by atoms with Gasteiger partial charge < -0.3 is 34.4 Å². The Hall–Kier alpha value is -3.82. The van der Waals surface area contributed by atoms with Crippen LogP contribution in [0.15, 0.2) is 60.5 Å². The zero-order chi connectivity index (χ0) is 27.8. The molecule has 0 saturated carbocycles. The van der Waals surface area contributed by atoms with Gasteiger partial charge in [0.2, 0.25) is 6.29 Å². The molecule has 0 unspecified atom stereocenters. The van der Waals surface area contributed by atoms with Gasteiger partial charge in [-0.05, 0) is 73.7 Å². The van der Waals surface area contributed by atoms with Crippen LogP contribution in [0.2, 0.25) is 0 Å². The van der Waals surface area contributed by atoms with Gasteiger partial charge in [0.15, 0.2) is 5.76 Å². The first-order chi connectivity index (χ1) is 19.0. The van der Waals surface area contributed by atoms with Gasteiger partial charge in [0.05, 0.1) is 19.8 Å². The smallest absolute Gasteiger partial charge is 0.337 e. The number of aromatic nitrogens is 1. The van der Waals surface area contributed by atoms with E-state index in [0.29, 0.717) is 38.0 Å². The average molecular weight is 537 g/mol. The molecule has 3 aromatic rings. The summed E-state index contributed by atoms with van der Waals surface area (Å²) in [6.07, 6.45) is 4.94. The van der Waals surface area contributed by atoms with Crippen molar-refractivity contribution in [3.63, 3.8) is 0 Å². The lowest BCUT2D eigenvalue weighted by molar-refractivity contribution is -0.166. The van der Waals surface area contributed by atoms with E-state index in [2.05, 4.69) is 10.3 Å². The van der Waals surface area contributed by atoms with E-state index in [0.717, 1.165) is 27.8 Å². The van der Waals surface area contributed by atoms with E-state index in [1.165, 1.54) is 7.11 Å². The normalized spacial score (nSPS) is 18.8. The van der Waals surface area contributed by atoms with E-state index >= 15 is 0 Å². The van der Waals surface area contributed by atoms with Gasteiger partial charge >= 0.3 is 5.97 Å². The monoisotopic (exact) mass is 536 g/mol. The number of H-pyrrole nitrogens is 1. The van der Waals surface area contributed by atoms with Crippen LogP contribution < -0.4 is 10.1 Å². The van der Waals surface area contributed by atoms with Crippen molar-refractivity contribution in [1.29, 1.82) is 0 Å². The number of aliphatic hydroxyl groups excluding tert-OH is 1. The third-order valence-electron chi connectivity index (χ3n) is 7.01. The maximum atomic E-state index is 13.2.